The highest BCUT2D eigenvalue weighted by Gasteiger charge is 2.20. The molecule has 0 atom stereocenters. The van der Waals surface area contributed by atoms with E-state index in [1.165, 1.54) is 25.7 Å². The van der Waals surface area contributed by atoms with Gasteiger partial charge in [0, 0.05) is 19.3 Å². The van der Waals surface area contributed by atoms with E-state index in [1.807, 2.05) is 6.20 Å². The normalized spacial score (nSPS) is 16.8. The average Bonchev–Trinajstić information content (AvgIpc) is 2.40. The molecule has 0 unspecified atom stereocenters. The van der Waals surface area contributed by atoms with Crippen molar-refractivity contribution in [3.63, 3.8) is 0 Å². The summed E-state index contributed by atoms with van der Waals surface area (Å²) >= 11 is 0. The molecular weight excluding hydrogens is 210 g/mol. The van der Waals surface area contributed by atoms with Crippen LogP contribution in [0, 0.1) is 17.2 Å². The second-order valence-electron chi connectivity index (χ2n) is 4.72. The molecule has 0 N–H and O–H groups in total. The van der Waals surface area contributed by atoms with Gasteiger partial charge < -0.3 is 4.90 Å². The van der Waals surface area contributed by atoms with Gasteiger partial charge >= 0.3 is 0 Å². The van der Waals surface area contributed by atoms with E-state index in [2.05, 4.69) is 22.9 Å². The van der Waals surface area contributed by atoms with Crippen LogP contribution >= 0.6 is 0 Å². The molecule has 1 aliphatic rings. The Hall–Kier alpha value is -1.56. The molecule has 0 radical (unpaired) electrons. The average molecular weight is 229 g/mol. The second kappa shape index (κ2) is 5.67. The minimum atomic E-state index is 0.744. The van der Waals surface area contributed by atoms with Gasteiger partial charge in [-0.3, -0.25) is 4.98 Å². The Labute approximate surface area is 103 Å². The standard InChI is InChI=1S/C14H19N3/c1-2-3-12-5-8-17(9-6-12)14-11-16-7-4-13(14)10-15/h4,7,11-12H,2-3,5-6,8-9H2,1H3. The van der Waals surface area contributed by atoms with E-state index in [4.69, 9.17) is 5.26 Å². The molecule has 2 rings (SSSR count). The Morgan fingerprint density at radius 3 is 2.88 bits per heavy atom. The Morgan fingerprint density at radius 2 is 2.24 bits per heavy atom. The molecule has 1 saturated heterocycles. The molecule has 2 heterocycles. The van der Waals surface area contributed by atoms with Crippen LogP contribution in [0.3, 0.4) is 0 Å². The summed E-state index contributed by atoms with van der Waals surface area (Å²) < 4.78 is 0. The van der Waals surface area contributed by atoms with Gasteiger partial charge in [0.25, 0.3) is 0 Å². The minimum absolute atomic E-state index is 0.744. The van der Waals surface area contributed by atoms with Gasteiger partial charge in [0.05, 0.1) is 17.4 Å². The van der Waals surface area contributed by atoms with Crippen LogP contribution in [0.25, 0.3) is 0 Å². The van der Waals surface area contributed by atoms with Crippen molar-refractivity contribution < 1.29 is 0 Å². The number of rotatable bonds is 3. The first kappa shape index (κ1) is 11.9. The lowest BCUT2D eigenvalue weighted by atomic mass is 9.92. The van der Waals surface area contributed by atoms with E-state index >= 15 is 0 Å². The quantitative estimate of drug-likeness (QED) is 0.800. The molecule has 0 bridgehead atoms. The zero-order valence-electron chi connectivity index (χ0n) is 10.4. The molecule has 1 aromatic heterocycles. The van der Waals surface area contributed by atoms with E-state index in [1.54, 1.807) is 12.3 Å². The van der Waals surface area contributed by atoms with E-state index in [0.29, 0.717) is 0 Å². The largest absolute Gasteiger partial charge is 0.369 e. The van der Waals surface area contributed by atoms with Crippen molar-refractivity contribution in [1.82, 2.24) is 4.98 Å². The highest BCUT2D eigenvalue weighted by atomic mass is 15.1. The van der Waals surface area contributed by atoms with Crippen molar-refractivity contribution in [3.8, 4) is 6.07 Å². The zero-order chi connectivity index (χ0) is 12.1. The first-order valence-electron chi connectivity index (χ1n) is 6.44. The van der Waals surface area contributed by atoms with E-state index in [0.717, 1.165) is 30.3 Å². The van der Waals surface area contributed by atoms with Crippen LogP contribution in [0.4, 0.5) is 5.69 Å². The summed E-state index contributed by atoms with van der Waals surface area (Å²) in [5, 5.41) is 9.08. The Balaban J connectivity index is 2.03. The van der Waals surface area contributed by atoms with Crippen molar-refractivity contribution >= 4 is 5.69 Å². The number of piperidine rings is 1. The van der Waals surface area contributed by atoms with Crippen molar-refractivity contribution in [2.24, 2.45) is 5.92 Å². The van der Waals surface area contributed by atoms with Crippen LogP contribution < -0.4 is 4.90 Å². The van der Waals surface area contributed by atoms with Crippen LogP contribution in [0.2, 0.25) is 0 Å². The van der Waals surface area contributed by atoms with Crippen molar-refractivity contribution in [3.05, 3.63) is 24.0 Å². The lowest BCUT2D eigenvalue weighted by molar-refractivity contribution is 0.378. The number of anilines is 1. The Morgan fingerprint density at radius 1 is 1.47 bits per heavy atom. The highest BCUT2D eigenvalue weighted by Crippen LogP contribution is 2.27. The third kappa shape index (κ3) is 2.76. The topological polar surface area (TPSA) is 39.9 Å². The number of hydrogen-bond donors (Lipinski definition) is 0. The number of hydrogen-bond acceptors (Lipinski definition) is 3. The molecule has 0 saturated carbocycles. The van der Waals surface area contributed by atoms with E-state index < -0.39 is 0 Å². The van der Waals surface area contributed by atoms with Crippen LogP contribution in [-0.2, 0) is 0 Å². The van der Waals surface area contributed by atoms with Crippen LogP contribution in [-0.4, -0.2) is 18.1 Å². The molecule has 0 spiro atoms. The lowest BCUT2D eigenvalue weighted by Gasteiger charge is -2.33. The number of aromatic nitrogens is 1. The fourth-order valence-corrected chi connectivity index (χ4v) is 2.60. The predicted octanol–water partition coefficient (Wildman–Crippen LogP) is 2.97. The fraction of sp³-hybridized carbons (Fsp3) is 0.571. The molecule has 1 aromatic rings. The summed E-state index contributed by atoms with van der Waals surface area (Å²) in [4.78, 5) is 6.43. The van der Waals surface area contributed by atoms with Gasteiger partial charge in [-0.05, 0) is 24.8 Å². The summed E-state index contributed by atoms with van der Waals surface area (Å²) in [7, 11) is 0. The van der Waals surface area contributed by atoms with Gasteiger partial charge in [0.15, 0.2) is 0 Å². The number of nitrogens with zero attached hydrogens (tertiary/aromatic N) is 3. The monoisotopic (exact) mass is 229 g/mol. The number of pyridine rings is 1. The summed E-state index contributed by atoms with van der Waals surface area (Å²) in [5.74, 6) is 0.874. The van der Waals surface area contributed by atoms with Crippen LogP contribution in [0.15, 0.2) is 18.5 Å². The smallest absolute Gasteiger partial charge is 0.101 e. The van der Waals surface area contributed by atoms with Gasteiger partial charge in [-0.25, -0.2) is 0 Å². The summed E-state index contributed by atoms with van der Waals surface area (Å²) in [6.45, 7) is 4.37. The maximum atomic E-state index is 9.08. The van der Waals surface area contributed by atoms with Gasteiger partial charge in [-0.1, -0.05) is 19.8 Å². The molecule has 0 aliphatic carbocycles. The van der Waals surface area contributed by atoms with Crippen molar-refractivity contribution in [2.45, 2.75) is 32.6 Å². The molecule has 0 amide bonds. The predicted molar refractivity (Wildman–Crippen MR) is 68.8 cm³/mol. The SMILES string of the molecule is CCCC1CCN(c2cnccc2C#N)CC1. The van der Waals surface area contributed by atoms with Crippen molar-refractivity contribution in [1.29, 1.82) is 5.26 Å². The molecule has 1 aliphatic heterocycles. The summed E-state index contributed by atoms with van der Waals surface area (Å²) in [5.41, 5.74) is 1.75. The third-order valence-electron chi connectivity index (χ3n) is 3.57. The van der Waals surface area contributed by atoms with Gasteiger partial charge in [-0.15, -0.1) is 0 Å². The van der Waals surface area contributed by atoms with Crippen molar-refractivity contribution in [2.75, 3.05) is 18.0 Å². The number of nitriles is 1. The Bertz CT molecular complexity index is 400. The van der Waals surface area contributed by atoms with E-state index in [9.17, 15) is 0 Å². The summed E-state index contributed by atoms with van der Waals surface area (Å²) in [6, 6.07) is 4.05. The molecule has 3 nitrogen and oxygen atoms in total. The lowest BCUT2D eigenvalue weighted by Crippen LogP contribution is -2.34. The highest BCUT2D eigenvalue weighted by molar-refractivity contribution is 5.57. The first-order chi connectivity index (χ1) is 8.35. The first-order valence-corrected chi connectivity index (χ1v) is 6.44. The van der Waals surface area contributed by atoms with E-state index in [-0.39, 0.29) is 0 Å². The van der Waals surface area contributed by atoms with Gasteiger partial charge in [0.2, 0.25) is 0 Å². The van der Waals surface area contributed by atoms with Gasteiger partial charge in [-0.2, -0.15) is 5.26 Å². The molecular formula is C14H19N3. The van der Waals surface area contributed by atoms with Crippen LogP contribution in [0.5, 0.6) is 0 Å². The summed E-state index contributed by atoms with van der Waals surface area (Å²) in [6.07, 6.45) is 8.61. The third-order valence-corrected chi connectivity index (χ3v) is 3.57. The maximum Gasteiger partial charge on any atom is 0.101 e. The van der Waals surface area contributed by atoms with Gasteiger partial charge in [0.1, 0.15) is 6.07 Å². The zero-order valence-corrected chi connectivity index (χ0v) is 10.4. The second-order valence-corrected chi connectivity index (χ2v) is 4.72. The molecule has 17 heavy (non-hydrogen) atoms. The molecule has 1 fully saturated rings. The minimum Gasteiger partial charge on any atom is -0.369 e. The van der Waals surface area contributed by atoms with Crippen LogP contribution in [0.1, 0.15) is 38.2 Å². The molecule has 0 aromatic carbocycles. The fourth-order valence-electron chi connectivity index (χ4n) is 2.60. The molecule has 90 valence electrons. The Kier molecular flexibility index (Phi) is 3.98. The molecule has 3 heteroatoms. The maximum absolute atomic E-state index is 9.08.